The van der Waals surface area contributed by atoms with Crippen molar-refractivity contribution in [1.82, 2.24) is 9.13 Å². The van der Waals surface area contributed by atoms with Gasteiger partial charge in [0.2, 0.25) is 0 Å². The molecule has 0 aliphatic carbocycles. The molecule has 0 N–H and O–H groups in total. The highest BCUT2D eigenvalue weighted by molar-refractivity contribution is 7.34. The van der Waals surface area contributed by atoms with E-state index in [-0.39, 0.29) is 0 Å². The van der Waals surface area contributed by atoms with Crippen LogP contribution in [0, 0.1) is 0 Å². The van der Waals surface area contributed by atoms with Gasteiger partial charge in [-0.15, -0.1) is 45.3 Å². The van der Waals surface area contributed by atoms with Crippen LogP contribution in [0.5, 0.6) is 0 Å². The van der Waals surface area contributed by atoms with Crippen molar-refractivity contribution >= 4 is 127 Å². The monoisotopic (exact) mass is 626 g/mol. The van der Waals surface area contributed by atoms with E-state index in [2.05, 4.69) is 106 Å². The van der Waals surface area contributed by atoms with Gasteiger partial charge in [-0.05, 0) is 43.5 Å². The van der Waals surface area contributed by atoms with Crippen molar-refractivity contribution in [2.45, 2.75) is 32.4 Å². The van der Waals surface area contributed by atoms with Crippen molar-refractivity contribution in [3.05, 3.63) is 97.1 Å². The molecule has 0 unspecified atom stereocenters. The lowest BCUT2D eigenvalue weighted by atomic mass is 10.2. The Kier molecular flexibility index (Phi) is 5.41. The van der Waals surface area contributed by atoms with Crippen LogP contribution in [0.1, 0.15) is 19.3 Å². The summed E-state index contributed by atoms with van der Waals surface area (Å²) in [6, 6.07) is 35.9. The highest BCUT2D eigenvalue weighted by Crippen LogP contribution is 2.48. The summed E-state index contributed by atoms with van der Waals surface area (Å²) in [5, 5.41) is 5.61. The smallest absolute Gasteiger partial charge is 0.0714 e. The molecule has 0 saturated heterocycles. The molecule has 0 atom stereocenters. The van der Waals surface area contributed by atoms with Gasteiger partial charge in [-0.2, -0.15) is 0 Å². The van der Waals surface area contributed by atoms with Gasteiger partial charge in [0, 0.05) is 53.4 Å². The van der Waals surface area contributed by atoms with Crippen LogP contribution in [0.4, 0.5) is 0 Å². The van der Waals surface area contributed by atoms with Crippen LogP contribution in [-0.4, -0.2) is 9.13 Å². The summed E-state index contributed by atoms with van der Waals surface area (Å²) in [4.78, 5) is 0. The molecule has 6 heterocycles. The third kappa shape index (κ3) is 3.49. The zero-order chi connectivity index (χ0) is 28.1. The summed E-state index contributed by atoms with van der Waals surface area (Å²) in [5.74, 6) is 0. The second-order valence-electron chi connectivity index (χ2n) is 11.5. The first-order valence-corrected chi connectivity index (χ1v) is 18.2. The largest absolute Gasteiger partial charge is 0.338 e. The molecule has 6 heteroatoms. The van der Waals surface area contributed by atoms with Gasteiger partial charge in [-0.25, -0.2) is 0 Å². The van der Waals surface area contributed by atoms with Gasteiger partial charge in [0.15, 0.2) is 0 Å². The number of thiophene rings is 4. The Labute approximate surface area is 263 Å². The highest BCUT2D eigenvalue weighted by Gasteiger charge is 2.22. The van der Waals surface area contributed by atoms with Gasteiger partial charge in [0.1, 0.15) is 0 Å². The van der Waals surface area contributed by atoms with Crippen LogP contribution in [0.25, 0.3) is 81.2 Å². The SMILES string of the molecule is c1ccc2c(c1)sc1c3sc4ccccc4c3n(CCCCCn3c4c5ccccc5sc4c4sc5ccccc5c43)c21. The standard InChI is InChI=1S/C37H26N2S4/c1(10-20-38-30-22-12-2-6-16-26(22)40-34(30)35-31(38)23-13-3-7-17-27(23)41-35)11-21-39-32-24-14-4-8-18-28(24)42-36(32)37-33(39)25-15-5-9-19-29(25)43-37/h2-9,12-19H,1,10-11,20-21H2. The second kappa shape index (κ2) is 9.41. The molecule has 208 valence electrons. The van der Waals surface area contributed by atoms with Crippen LogP contribution in [0.2, 0.25) is 0 Å². The quantitative estimate of drug-likeness (QED) is 0.163. The fraction of sp³-hybridized carbons (Fsp3) is 0.135. The normalized spacial score (nSPS) is 12.7. The van der Waals surface area contributed by atoms with Crippen molar-refractivity contribution in [1.29, 1.82) is 0 Å². The zero-order valence-electron chi connectivity index (χ0n) is 23.3. The predicted molar refractivity (Wildman–Crippen MR) is 194 cm³/mol. The molecular weight excluding hydrogens is 601 g/mol. The van der Waals surface area contributed by atoms with Crippen molar-refractivity contribution in [2.75, 3.05) is 0 Å². The fourth-order valence-corrected chi connectivity index (χ4v) is 12.3. The molecule has 0 bridgehead atoms. The first-order chi connectivity index (χ1) is 21.3. The molecular formula is C37H26N2S4. The summed E-state index contributed by atoms with van der Waals surface area (Å²) >= 11 is 7.85. The number of fused-ring (bicyclic) bond motifs is 14. The van der Waals surface area contributed by atoms with E-state index >= 15 is 0 Å². The average Bonchev–Trinajstić information content (AvgIpc) is 3.86. The first kappa shape index (κ1) is 24.7. The highest BCUT2D eigenvalue weighted by atomic mass is 32.1. The van der Waals surface area contributed by atoms with Crippen molar-refractivity contribution < 1.29 is 0 Å². The lowest BCUT2D eigenvalue weighted by Gasteiger charge is -2.10. The lowest BCUT2D eigenvalue weighted by Crippen LogP contribution is -2.01. The Morgan fingerprint density at radius 3 is 0.930 bits per heavy atom. The van der Waals surface area contributed by atoms with E-state index in [4.69, 9.17) is 0 Å². The number of aryl methyl sites for hydroxylation is 2. The average molecular weight is 627 g/mol. The van der Waals surface area contributed by atoms with Gasteiger partial charge in [-0.3, -0.25) is 0 Å². The minimum atomic E-state index is 1.06. The summed E-state index contributed by atoms with van der Waals surface area (Å²) in [5.41, 5.74) is 5.76. The molecule has 0 aliphatic heterocycles. The minimum Gasteiger partial charge on any atom is -0.338 e. The van der Waals surface area contributed by atoms with Gasteiger partial charge in [0.05, 0.1) is 40.9 Å². The van der Waals surface area contributed by atoms with E-state index < -0.39 is 0 Å². The Morgan fingerprint density at radius 2 is 0.628 bits per heavy atom. The topological polar surface area (TPSA) is 9.86 Å². The number of nitrogens with zero attached hydrogens (tertiary/aromatic N) is 2. The Bertz CT molecular complexity index is 2310. The molecule has 6 aromatic heterocycles. The van der Waals surface area contributed by atoms with E-state index in [1.165, 1.54) is 100 Å². The van der Waals surface area contributed by atoms with E-state index in [9.17, 15) is 0 Å². The van der Waals surface area contributed by atoms with Crippen molar-refractivity contribution in [2.24, 2.45) is 0 Å². The molecule has 0 aliphatic rings. The number of benzene rings is 4. The molecule has 0 amide bonds. The first-order valence-electron chi connectivity index (χ1n) is 15.0. The number of hydrogen-bond donors (Lipinski definition) is 0. The summed E-state index contributed by atoms with van der Waals surface area (Å²) in [7, 11) is 0. The van der Waals surface area contributed by atoms with E-state index in [0.717, 1.165) is 13.1 Å². The zero-order valence-corrected chi connectivity index (χ0v) is 26.6. The molecule has 0 radical (unpaired) electrons. The van der Waals surface area contributed by atoms with E-state index in [0.29, 0.717) is 0 Å². The molecule has 0 spiro atoms. The second-order valence-corrected chi connectivity index (χ2v) is 15.7. The number of unbranched alkanes of at least 4 members (excludes halogenated alkanes) is 2. The Hall–Kier alpha value is -3.68. The molecule has 0 fully saturated rings. The molecule has 10 aromatic rings. The number of aromatic nitrogens is 2. The van der Waals surface area contributed by atoms with Gasteiger partial charge >= 0.3 is 0 Å². The summed E-state index contributed by atoms with van der Waals surface area (Å²) in [6.45, 7) is 2.11. The van der Waals surface area contributed by atoms with Crippen LogP contribution < -0.4 is 0 Å². The number of hydrogen-bond acceptors (Lipinski definition) is 4. The van der Waals surface area contributed by atoms with Crippen molar-refractivity contribution in [3.63, 3.8) is 0 Å². The van der Waals surface area contributed by atoms with Crippen LogP contribution in [0.3, 0.4) is 0 Å². The third-order valence-corrected chi connectivity index (χ3v) is 14.0. The van der Waals surface area contributed by atoms with Crippen LogP contribution in [0.15, 0.2) is 97.1 Å². The van der Waals surface area contributed by atoms with Gasteiger partial charge in [-0.1, -0.05) is 72.8 Å². The minimum absolute atomic E-state index is 1.06. The molecule has 4 aromatic carbocycles. The Balaban J connectivity index is 1.02. The predicted octanol–water partition coefficient (Wildman–Crippen LogP) is 12.6. The fourth-order valence-electron chi connectivity index (χ4n) is 7.20. The third-order valence-electron chi connectivity index (χ3n) is 9.03. The molecule has 2 nitrogen and oxygen atoms in total. The molecule has 10 rings (SSSR count). The van der Waals surface area contributed by atoms with Gasteiger partial charge < -0.3 is 9.13 Å². The van der Waals surface area contributed by atoms with E-state index in [1.807, 2.05) is 45.3 Å². The summed E-state index contributed by atoms with van der Waals surface area (Å²) in [6.07, 6.45) is 3.56. The summed E-state index contributed by atoms with van der Waals surface area (Å²) < 4.78 is 16.7. The van der Waals surface area contributed by atoms with Crippen molar-refractivity contribution in [3.8, 4) is 0 Å². The maximum Gasteiger partial charge on any atom is 0.0714 e. The van der Waals surface area contributed by atoms with Crippen LogP contribution >= 0.6 is 45.3 Å². The van der Waals surface area contributed by atoms with Gasteiger partial charge in [0.25, 0.3) is 0 Å². The molecule has 0 saturated carbocycles. The Morgan fingerprint density at radius 1 is 0.349 bits per heavy atom. The number of rotatable bonds is 6. The van der Waals surface area contributed by atoms with Crippen LogP contribution in [-0.2, 0) is 13.1 Å². The van der Waals surface area contributed by atoms with E-state index in [1.54, 1.807) is 0 Å². The lowest BCUT2D eigenvalue weighted by molar-refractivity contribution is 0.571. The molecule has 43 heavy (non-hydrogen) atoms. The maximum absolute atomic E-state index is 2.66. The maximum atomic E-state index is 2.66.